The second-order valence-corrected chi connectivity index (χ2v) is 5.24. The van der Waals surface area contributed by atoms with Crippen LogP contribution >= 0.6 is 11.6 Å². The quantitative estimate of drug-likeness (QED) is 0.875. The standard InChI is InChI=1S/C13H16ClN5/c1-19(11-6-7-15-13(14)16-11)12-8-10(17-18-12)9-4-2-3-5-9/h6-9H,2-5H2,1H3,(H,17,18). The average Bonchev–Trinajstić information content (AvgIpc) is 3.08. The molecule has 19 heavy (non-hydrogen) atoms. The van der Waals surface area contributed by atoms with E-state index in [1.54, 1.807) is 6.20 Å². The van der Waals surface area contributed by atoms with Crippen LogP contribution in [-0.2, 0) is 0 Å². The van der Waals surface area contributed by atoms with E-state index in [1.807, 2.05) is 18.0 Å². The first-order valence-corrected chi connectivity index (χ1v) is 6.89. The normalized spacial score (nSPS) is 15.9. The summed E-state index contributed by atoms with van der Waals surface area (Å²) >= 11 is 5.81. The zero-order chi connectivity index (χ0) is 13.2. The SMILES string of the molecule is CN(c1cc(C2CCCC2)[nH]n1)c1ccnc(Cl)n1. The van der Waals surface area contributed by atoms with E-state index in [2.05, 4.69) is 26.2 Å². The van der Waals surface area contributed by atoms with Crippen LogP contribution in [0.2, 0.25) is 5.28 Å². The molecule has 0 saturated heterocycles. The van der Waals surface area contributed by atoms with Crippen LogP contribution in [0.1, 0.15) is 37.3 Å². The lowest BCUT2D eigenvalue weighted by Gasteiger charge is -2.14. The number of nitrogens with zero attached hydrogens (tertiary/aromatic N) is 4. The fraction of sp³-hybridized carbons (Fsp3) is 0.462. The van der Waals surface area contributed by atoms with Gasteiger partial charge in [0, 0.05) is 30.9 Å². The van der Waals surface area contributed by atoms with Gasteiger partial charge < -0.3 is 4.90 Å². The molecule has 1 saturated carbocycles. The van der Waals surface area contributed by atoms with E-state index in [0.29, 0.717) is 5.92 Å². The molecule has 1 aliphatic carbocycles. The number of aromatic nitrogens is 4. The molecule has 0 spiro atoms. The highest BCUT2D eigenvalue weighted by Gasteiger charge is 2.20. The fourth-order valence-corrected chi connectivity index (χ4v) is 2.72. The molecule has 0 aromatic carbocycles. The first-order chi connectivity index (χ1) is 9.24. The van der Waals surface area contributed by atoms with Crippen LogP contribution in [0.4, 0.5) is 11.6 Å². The lowest BCUT2D eigenvalue weighted by atomic mass is 10.0. The molecule has 1 fully saturated rings. The van der Waals surface area contributed by atoms with Crippen LogP contribution in [0.15, 0.2) is 18.3 Å². The molecule has 5 nitrogen and oxygen atoms in total. The fourth-order valence-electron chi connectivity index (χ4n) is 2.57. The van der Waals surface area contributed by atoms with E-state index >= 15 is 0 Å². The third-order valence-corrected chi connectivity index (χ3v) is 3.86. The van der Waals surface area contributed by atoms with E-state index in [0.717, 1.165) is 11.6 Å². The van der Waals surface area contributed by atoms with E-state index < -0.39 is 0 Å². The predicted octanol–water partition coefficient (Wildman–Crippen LogP) is 3.28. The molecule has 0 atom stereocenters. The summed E-state index contributed by atoms with van der Waals surface area (Å²) < 4.78 is 0. The Morgan fingerprint density at radius 2 is 2.11 bits per heavy atom. The monoisotopic (exact) mass is 277 g/mol. The maximum atomic E-state index is 5.81. The van der Waals surface area contributed by atoms with Crippen molar-refractivity contribution < 1.29 is 0 Å². The molecule has 100 valence electrons. The minimum atomic E-state index is 0.246. The zero-order valence-electron chi connectivity index (χ0n) is 10.8. The van der Waals surface area contributed by atoms with Gasteiger partial charge in [0.1, 0.15) is 5.82 Å². The number of rotatable bonds is 3. The minimum absolute atomic E-state index is 0.246. The highest BCUT2D eigenvalue weighted by molar-refractivity contribution is 6.28. The summed E-state index contributed by atoms with van der Waals surface area (Å²) in [6.07, 6.45) is 6.79. The molecule has 2 heterocycles. The van der Waals surface area contributed by atoms with Crippen molar-refractivity contribution in [2.45, 2.75) is 31.6 Å². The molecule has 0 unspecified atom stereocenters. The minimum Gasteiger partial charge on any atom is -0.313 e. The molecule has 2 aromatic rings. The second kappa shape index (κ2) is 5.17. The van der Waals surface area contributed by atoms with Gasteiger partial charge in [-0.2, -0.15) is 5.10 Å². The van der Waals surface area contributed by atoms with Crippen LogP contribution in [0.5, 0.6) is 0 Å². The van der Waals surface area contributed by atoms with Gasteiger partial charge in [-0.15, -0.1) is 0 Å². The van der Waals surface area contributed by atoms with Crippen LogP contribution in [-0.4, -0.2) is 27.2 Å². The van der Waals surface area contributed by atoms with Crippen molar-refractivity contribution in [3.63, 3.8) is 0 Å². The Balaban J connectivity index is 1.82. The summed E-state index contributed by atoms with van der Waals surface area (Å²) in [4.78, 5) is 9.97. The molecule has 1 N–H and O–H groups in total. The molecule has 0 aliphatic heterocycles. The smallest absolute Gasteiger partial charge is 0.224 e. The molecule has 1 aliphatic rings. The Labute approximate surface area is 117 Å². The van der Waals surface area contributed by atoms with Gasteiger partial charge in [0.05, 0.1) is 0 Å². The number of H-pyrrole nitrogens is 1. The van der Waals surface area contributed by atoms with Crippen molar-refractivity contribution in [3.8, 4) is 0 Å². The van der Waals surface area contributed by atoms with Crippen LogP contribution in [0.25, 0.3) is 0 Å². The Morgan fingerprint density at radius 3 is 2.84 bits per heavy atom. The topological polar surface area (TPSA) is 57.7 Å². The van der Waals surface area contributed by atoms with E-state index in [1.165, 1.54) is 31.4 Å². The van der Waals surface area contributed by atoms with Crippen molar-refractivity contribution >= 4 is 23.2 Å². The Kier molecular flexibility index (Phi) is 3.38. The van der Waals surface area contributed by atoms with Crippen molar-refractivity contribution in [3.05, 3.63) is 29.3 Å². The van der Waals surface area contributed by atoms with E-state index in [-0.39, 0.29) is 5.28 Å². The van der Waals surface area contributed by atoms with E-state index in [9.17, 15) is 0 Å². The number of aromatic amines is 1. The van der Waals surface area contributed by atoms with Crippen LogP contribution in [0.3, 0.4) is 0 Å². The molecule has 3 rings (SSSR count). The summed E-state index contributed by atoms with van der Waals surface area (Å²) in [5, 5.41) is 7.76. The highest BCUT2D eigenvalue weighted by atomic mass is 35.5. The van der Waals surface area contributed by atoms with Gasteiger partial charge in [-0.3, -0.25) is 5.10 Å². The van der Waals surface area contributed by atoms with Gasteiger partial charge in [0.2, 0.25) is 5.28 Å². The third kappa shape index (κ3) is 2.56. The van der Waals surface area contributed by atoms with Gasteiger partial charge >= 0.3 is 0 Å². The lowest BCUT2D eigenvalue weighted by molar-refractivity contribution is 0.693. The van der Waals surface area contributed by atoms with Crippen molar-refractivity contribution in [1.82, 2.24) is 20.2 Å². The third-order valence-electron chi connectivity index (χ3n) is 3.68. The van der Waals surface area contributed by atoms with Gasteiger partial charge in [0.15, 0.2) is 5.82 Å². The van der Waals surface area contributed by atoms with E-state index in [4.69, 9.17) is 11.6 Å². The lowest BCUT2D eigenvalue weighted by Crippen LogP contribution is -2.11. The predicted molar refractivity (Wildman–Crippen MR) is 74.9 cm³/mol. The van der Waals surface area contributed by atoms with Crippen LogP contribution in [0, 0.1) is 0 Å². The summed E-state index contributed by atoms with van der Waals surface area (Å²) in [5.41, 5.74) is 1.22. The maximum Gasteiger partial charge on any atom is 0.224 e. The summed E-state index contributed by atoms with van der Waals surface area (Å²) in [5.74, 6) is 2.23. The average molecular weight is 278 g/mol. The van der Waals surface area contributed by atoms with Gasteiger partial charge in [-0.1, -0.05) is 12.8 Å². The highest BCUT2D eigenvalue weighted by Crippen LogP contribution is 2.34. The Bertz CT molecular complexity index is 562. The number of hydrogen-bond donors (Lipinski definition) is 1. The largest absolute Gasteiger partial charge is 0.313 e. The summed E-state index contributed by atoms with van der Waals surface area (Å²) in [6, 6.07) is 3.92. The number of anilines is 2. The van der Waals surface area contributed by atoms with Gasteiger partial charge in [0.25, 0.3) is 0 Å². The molecular formula is C13H16ClN5. The Morgan fingerprint density at radius 1 is 1.32 bits per heavy atom. The van der Waals surface area contributed by atoms with Gasteiger partial charge in [-0.25, -0.2) is 9.97 Å². The molecular weight excluding hydrogens is 262 g/mol. The van der Waals surface area contributed by atoms with Crippen molar-refractivity contribution in [1.29, 1.82) is 0 Å². The summed E-state index contributed by atoms with van der Waals surface area (Å²) in [7, 11) is 1.92. The second-order valence-electron chi connectivity index (χ2n) is 4.91. The zero-order valence-corrected chi connectivity index (χ0v) is 11.6. The van der Waals surface area contributed by atoms with Crippen molar-refractivity contribution in [2.75, 3.05) is 11.9 Å². The number of halogens is 1. The molecule has 6 heteroatoms. The molecule has 0 bridgehead atoms. The van der Waals surface area contributed by atoms with Gasteiger partial charge in [-0.05, 0) is 30.5 Å². The number of nitrogens with one attached hydrogen (secondary N) is 1. The molecule has 2 aromatic heterocycles. The maximum absolute atomic E-state index is 5.81. The first-order valence-electron chi connectivity index (χ1n) is 6.51. The number of hydrogen-bond acceptors (Lipinski definition) is 4. The first kappa shape index (κ1) is 12.4. The summed E-state index contributed by atoms with van der Waals surface area (Å²) in [6.45, 7) is 0. The van der Waals surface area contributed by atoms with Crippen molar-refractivity contribution in [2.24, 2.45) is 0 Å². The Hall–Kier alpha value is -1.62. The molecule has 0 radical (unpaired) electrons. The molecule has 0 amide bonds. The van der Waals surface area contributed by atoms with Crippen LogP contribution < -0.4 is 4.90 Å².